The van der Waals surface area contributed by atoms with E-state index in [0.29, 0.717) is 0 Å². The Bertz CT molecular complexity index is 651. The van der Waals surface area contributed by atoms with Gasteiger partial charge < -0.3 is 14.4 Å². The zero-order valence-corrected chi connectivity index (χ0v) is 17.1. The molecule has 1 unspecified atom stereocenters. The number of carbonyl (C=O) groups is 2. The molecular formula is C18H21ClINO4. The summed E-state index contributed by atoms with van der Waals surface area (Å²) < 4.78 is 11.4. The van der Waals surface area contributed by atoms with Crippen molar-refractivity contribution in [3.8, 4) is 0 Å². The number of piperidine rings is 1. The molecule has 0 aliphatic carbocycles. The molecule has 0 spiro atoms. The summed E-state index contributed by atoms with van der Waals surface area (Å²) in [5.41, 5.74) is 0.420. The maximum Gasteiger partial charge on any atom is 0.411 e. The maximum absolute atomic E-state index is 12.6. The number of hydrogen-bond donors (Lipinski definition) is 0. The summed E-state index contributed by atoms with van der Waals surface area (Å²) in [6, 6.07) is 8.08. The molecule has 1 aromatic carbocycles. The van der Waals surface area contributed by atoms with Crippen molar-refractivity contribution >= 4 is 46.3 Å². The van der Waals surface area contributed by atoms with Crippen LogP contribution >= 0.6 is 34.2 Å². The summed E-state index contributed by atoms with van der Waals surface area (Å²) in [5, 5.41) is 0. The van der Waals surface area contributed by atoms with Gasteiger partial charge in [0.2, 0.25) is 0 Å². The average molecular weight is 478 g/mol. The SMILES string of the molecule is COC(=O)[C@H]1[C@@H](c2ccc(I)cc2)C[C@@H]2CC[C@H]1N2C(=O)OC(C)Cl. The largest absolute Gasteiger partial charge is 0.469 e. The van der Waals surface area contributed by atoms with Crippen molar-refractivity contribution < 1.29 is 19.1 Å². The molecule has 2 heterocycles. The lowest BCUT2D eigenvalue weighted by Gasteiger charge is -2.43. The first-order chi connectivity index (χ1) is 11.9. The molecular weight excluding hydrogens is 457 g/mol. The summed E-state index contributed by atoms with van der Waals surface area (Å²) >= 11 is 8.07. The second-order valence-corrected chi connectivity index (χ2v) is 8.44. The number of hydrogen-bond acceptors (Lipinski definition) is 4. The summed E-state index contributed by atoms with van der Waals surface area (Å²) in [6.07, 6.45) is 1.93. The van der Waals surface area contributed by atoms with Crippen molar-refractivity contribution in [2.24, 2.45) is 5.92 Å². The van der Waals surface area contributed by atoms with Crippen molar-refractivity contribution in [2.45, 2.75) is 49.8 Å². The van der Waals surface area contributed by atoms with Crippen LogP contribution in [0.5, 0.6) is 0 Å². The molecule has 2 aliphatic heterocycles. The predicted octanol–water partition coefficient (Wildman–Crippen LogP) is 4.12. The Morgan fingerprint density at radius 2 is 1.96 bits per heavy atom. The Balaban J connectivity index is 1.92. The van der Waals surface area contributed by atoms with E-state index in [4.69, 9.17) is 21.1 Å². The number of rotatable bonds is 3. The van der Waals surface area contributed by atoms with Crippen LogP contribution in [-0.4, -0.2) is 41.7 Å². The van der Waals surface area contributed by atoms with Crippen LogP contribution in [0, 0.1) is 9.49 Å². The van der Waals surface area contributed by atoms with Crippen LogP contribution in [0.15, 0.2) is 24.3 Å². The highest BCUT2D eigenvalue weighted by atomic mass is 127. The summed E-state index contributed by atoms with van der Waals surface area (Å²) in [7, 11) is 1.40. The second kappa shape index (κ2) is 7.70. The lowest BCUT2D eigenvalue weighted by atomic mass is 9.76. The van der Waals surface area contributed by atoms with E-state index in [9.17, 15) is 9.59 Å². The minimum Gasteiger partial charge on any atom is -0.469 e. The zero-order valence-electron chi connectivity index (χ0n) is 14.2. The molecule has 1 aromatic rings. The van der Waals surface area contributed by atoms with Crippen molar-refractivity contribution in [2.75, 3.05) is 7.11 Å². The highest BCUT2D eigenvalue weighted by Crippen LogP contribution is 2.47. The van der Waals surface area contributed by atoms with Crippen molar-refractivity contribution in [3.63, 3.8) is 0 Å². The van der Waals surface area contributed by atoms with Gasteiger partial charge in [-0.25, -0.2) is 4.79 Å². The molecule has 2 aliphatic rings. The van der Waals surface area contributed by atoms with Gasteiger partial charge in [0.15, 0.2) is 5.56 Å². The molecule has 2 saturated heterocycles. The molecule has 2 bridgehead atoms. The third-order valence-corrected chi connectivity index (χ3v) is 5.97. The van der Waals surface area contributed by atoms with E-state index in [2.05, 4.69) is 34.7 Å². The number of nitrogens with zero attached hydrogens (tertiary/aromatic N) is 1. The van der Waals surface area contributed by atoms with Gasteiger partial charge in [-0.05, 0) is 66.5 Å². The van der Waals surface area contributed by atoms with E-state index in [1.807, 2.05) is 12.1 Å². The minimum absolute atomic E-state index is 0.0411. The van der Waals surface area contributed by atoms with Gasteiger partial charge >= 0.3 is 12.1 Å². The zero-order chi connectivity index (χ0) is 18.1. The fourth-order valence-corrected chi connectivity index (χ4v) is 4.63. The summed E-state index contributed by atoms with van der Waals surface area (Å²) in [5.74, 6) is -0.618. The molecule has 5 atom stereocenters. The number of benzene rings is 1. The maximum atomic E-state index is 12.6. The molecule has 0 radical (unpaired) electrons. The highest BCUT2D eigenvalue weighted by molar-refractivity contribution is 14.1. The number of ether oxygens (including phenoxy) is 2. The number of alkyl halides is 1. The normalized spacial score (nSPS) is 29.2. The molecule has 2 fully saturated rings. The average Bonchev–Trinajstić information content (AvgIpc) is 2.88. The van der Waals surface area contributed by atoms with Gasteiger partial charge in [-0.15, -0.1) is 0 Å². The topological polar surface area (TPSA) is 55.8 Å². The first-order valence-electron chi connectivity index (χ1n) is 8.38. The molecule has 7 heteroatoms. The van der Waals surface area contributed by atoms with Crippen molar-refractivity contribution in [3.05, 3.63) is 33.4 Å². The third kappa shape index (κ3) is 3.74. The predicted molar refractivity (Wildman–Crippen MR) is 102 cm³/mol. The number of halogens is 2. The van der Waals surface area contributed by atoms with Crippen LogP contribution in [0.4, 0.5) is 4.79 Å². The first-order valence-corrected chi connectivity index (χ1v) is 9.90. The lowest BCUT2D eigenvalue weighted by molar-refractivity contribution is -0.150. The smallest absolute Gasteiger partial charge is 0.411 e. The molecule has 5 nitrogen and oxygen atoms in total. The molecule has 25 heavy (non-hydrogen) atoms. The van der Waals surface area contributed by atoms with E-state index >= 15 is 0 Å². The van der Waals surface area contributed by atoms with Gasteiger partial charge in [-0.3, -0.25) is 4.79 Å². The Morgan fingerprint density at radius 1 is 1.28 bits per heavy atom. The van der Waals surface area contributed by atoms with Gasteiger partial charge in [-0.1, -0.05) is 23.7 Å². The summed E-state index contributed by atoms with van der Waals surface area (Å²) in [6.45, 7) is 1.61. The van der Waals surface area contributed by atoms with Gasteiger partial charge in [0.1, 0.15) is 0 Å². The standard InChI is InChI=1S/C18H21ClINO4/c1-10(19)25-18(23)21-13-7-8-15(21)16(17(22)24-2)14(9-13)11-3-5-12(20)6-4-11/h3-6,10,13-16H,7-9H2,1-2H3/t10?,13-,14+,15+,16-/m0/s1. The van der Waals surface area contributed by atoms with Crippen molar-refractivity contribution in [1.29, 1.82) is 0 Å². The Hall–Kier alpha value is -1.02. The molecule has 3 rings (SSSR count). The quantitative estimate of drug-likeness (QED) is 0.373. The Kier molecular flexibility index (Phi) is 5.78. The third-order valence-electron chi connectivity index (χ3n) is 5.17. The number of esters is 1. The van der Waals surface area contributed by atoms with E-state index in [0.717, 1.165) is 28.4 Å². The number of amides is 1. The van der Waals surface area contributed by atoms with Gasteiger partial charge in [0, 0.05) is 21.6 Å². The number of fused-ring (bicyclic) bond motifs is 2. The van der Waals surface area contributed by atoms with E-state index in [1.165, 1.54) is 7.11 Å². The van der Waals surface area contributed by atoms with Crippen LogP contribution in [0.25, 0.3) is 0 Å². The fraction of sp³-hybridized carbons (Fsp3) is 0.556. The van der Waals surface area contributed by atoms with E-state index in [-0.39, 0.29) is 29.9 Å². The number of methoxy groups -OCH3 is 1. The van der Waals surface area contributed by atoms with Crippen LogP contribution in [0.2, 0.25) is 0 Å². The molecule has 0 saturated carbocycles. The lowest BCUT2D eigenvalue weighted by Crippen LogP contribution is -2.53. The summed E-state index contributed by atoms with van der Waals surface area (Å²) in [4.78, 5) is 26.8. The van der Waals surface area contributed by atoms with Crippen molar-refractivity contribution in [1.82, 2.24) is 4.90 Å². The van der Waals surface area contributed by atoms with Crippen LogP contribution < -0.4 is 0 Å². The van der Waals surface area contributed by atoms with E-state index < -0.39 is 11.7 Å². The molecule has 1 amide bonds. The molecule has 136 valence electrons. The monoisotopic (exact) mass is 477 g/mol. The molecule has 0 aromatic heterocycles. The minimum atomic E-state index is -0.697. The van der Waals surface area contributed by atoms with Crippen LogP contribution in [-0.2, 0) is 14.3 Å². The Morgan fingerprint density at radius 3 is 2.56 bits per heavy atom. The first kappa shape index (κ1) is 18.8. The van der Waals surface area contributed by atoms with Crippen LogP contribution in [0.3, 0.4) is 0 Å². The second-order valence-electron chi connectivity index (χ2n) is 6.58. The van der Waals surface area contributed by atoms with Gasteiger partial charge in [0.05, 0.1) is 13.0 Å². The Labute approximate surface area is 166 Å². The van der Waals surface area contributed by atoms with Crippen LogP contribution in [0.1, 0.15) is 37.7 Å². The fourth-order valence-electron chi connectivity index (χ4n) is 4.20. The van der Waals surface area contributed by atoms with E-state index in [1.54, 1.807) is 11.8 Å². The van der Waals surface area contributed by atoms with Gasteiger partial charge in [-0.2, -0.15) is 0 Å². The highest BCUT2D eigenvalue weighted by Gasteiger charge is 2.53. The number of carbonyl (C=O) groups excluding carboxylic acids is 2. The van der Waals surface area contributed by atoms with Gasteiger partial charge in [0.25, 0.3) is 0 Å². The molecule has 0 N–H and O–H groups in total.